The van der Waals surface area contributed by atoms with Gasteiger partial charge in [0.25, 0.3) is 0 Å². The van der Waals surface area contributed by atoms with Crippen molar-refractivity contribution in [1.82, 2.24) is 4.90 Å². The lowest BCUT2D eigenvalue weighted by atomic mass is 9.87. The van der Waals surface area contributed by atoms with Crippen LogP contribution >= 0.6 is 0 Å². The van der Waals surface area contributed by atoms with Crippen LogP contribution in [0.5, 0.6) is 0 Å². The third-order valence-electron chi connectivity index (χ3n) is 5.25. The van der Waals surface area contributed by atoms with E-state index in [1.165, 1.54) is 30.5 Å². The Balaban J connectivity index is 1.71. The molecule has 1 heterocycles. The fourth-order valence-corrected chi connectivity index (χ4v) is 3.65. The van der Waals surface area contributed by atoms with Crippen molar-refractivity contribution in [2.24, 2.45) is 11.7 Å². The van der Waals surface area contributed by atoms with Gasteiger partial charge in [-0.3, -0.25) is 4.90 Å². The summed E-state index contributed by atoms with van der Waals surface area (Å²) in [5.74, 6) is 1.55. The van der Waals surface area contributed by atoms with Crippen LogP contribution in [0.2, 0.25) is 0 Å². The standard InChI is InChI=1S/C18H28N2/c1-3-14-4-6-16(7-5-14)17-10-18(19)12-20(11-17)13(2)15-8-9-15/h4-7,13,15,17-18H,3,8-12,19H2,1-2H3. The smallest absolute Gasteiger partial charge is 0.0174 e. The lowest BCUT2D eigenvalue weighted by Crippen LogP contribution is -2.50. The zero-order valence-corrected chi connectivity index (χ0v) is 12.9. The third kappa shape index (κ3) is 3.07. The van der Waals surface area contributed by atoms with Gasteiger partial charge in [0.05, 0.1) is 0 Å². The summed E-state index contributed by atoms with van der Waals surface area (Å²) in [5, 5.41) is 0. The first kappa shape index (κ1) is 14.1. The van der Waals surface area contributed by atoms with E-state index in [0.717, 1.165) is 31.3 Å². The molecule has 0 radical (unpaired) electrons. The molecule has 3 rings (SSSR count). The van der Waals surface area contributed by atoms with E-state index in [-0.39, 0.29) is 0 Å². The quantitative estimate of drug-likeness (QED) is 0.912. The lowest BCUT2D eigenvalue weighted by molar-refractivity contribution is 0.130. The van der Waals surface area contributed by atoms with Crippen LogP contribution in [0.3, 0.4) is 0 Å². The second kappa shape index (κ2) is 5.87. The molecule has 2 aliphatic rings. The molecule has 1 saturated heterocycles. The number of nitrogens with zero attached hydrogens (tertiary/aromatic N) is 1. The maximum atomic E-state index is 6.33. The number of nitrogens with two attached hydrogens (primary N) is 1. The third-order valence-corrected chi connectivity index (χ3v) is 5.25. The van der Waals surface area contributed by atoms with Crippen molar-refractivity contribution in [3.8, 4) is 0 Å². The van der Waals surface area contributed by atoms with E-state index in [0.29, 0.717) is 12.0 Å². The van der Waals surface area contributed by atoms with Gasteiger partial charge in [-0.05, 0) is 55.6 Å². The van der Waals surface area contributed by atoms with Crippen molar-refractivity contribution >= 4 is 0 Å². The molecule has 3 unspecified atom stereocenters. The molecule has 1 aromatic rings. The van der Waals surface area contributed by atoms with Gasteiger partial charge in [-0.25, -0.2) is 0 Å². The number of benzene rings is 1. The minimum absolute atomic E-state index is 0.334. The van der Waals surface area contributed by atoms with Crippen molar-refractivity contribution in [2.75, 3.05) is 13.1 Å². The van der Waals surface area contributed by atoms with Gasteiger partial charge in [0.15, 0.2) is 0 Å². The summed E-state index contributed by atoms with van der Waals surface area (Å²) in [6.07, 6.45) is 5.10. The molecule has 2 fully saturated rings. The van der Waals surface area contributed by atoms with Gasteiger partial charge >= 0.3 is 0 Å². The molecule has 2 nitrogen and oxygen atoms in total. The Morgan fingerprint density at radius 1 is 1.20 bits per heavy atom. The van der Waals surface area contributed by atoms with Crippen LogP contribution in [0.25, 0.3) is 0 Å². The van der Waals surface area contributed by atoms with E-state index in [2.05, 4.69) is 43.0 Å². The van der Waals surface area contributed by atoms with Crippen molar-refractivity contribution in [3.05, 3.63) is 35.4 Å². The lowest BCUT2D eigenvalue weighted by Gasteiger charge is -2.40. The topological polar surface area (TPSA) is 29.3 Å². The van der Waals surface area contributed by atoms with Gasteiger partial charge < -0.3 is 5.73 Å². The van der Waals surface area contributed by atoms with Crippen LogP contribution in [0.1, 0.15) is 50.2 Å². The number of likely N-dealkylation sites (tertiary alicyclic amines) is 1. The normalized spacial score (nSPS) is 29.4. The average molecular weight is 272 g/mol. The molecule has 0 spiro atoms. The highest BCUT2D eigenvalue weighted by Gasteiger charge is 2.36. The fourth-order valence-electron chi connectivity index (χ4n) is 3.65. The van der Waals surface area contributed by atoms with E-state index in [4.69, 9.17) is 5.73 Å². The second-order valence-electron chi connectivity index (χ2n) is 6.82. The van der Waals surface area contributed by atoms with Crippen molar-refractivity contribution in [1.29, 1.82) is 0 Å². The van der Waals surface area contributed by atoms with Crippen molar-refractivity contribution < 1.29 is 0 Å². The Kier molecular flexibility index (Phi) is 4.13. The van der Waals surface area contributed by atoms with E-state index in [1.807, 2.05) is 0 Å². The fraction of sp³-hybridized carbons (Fsp3) is 0.667. The largest absolute Gasteiger partial charge is 0.327 e. The number of aryl methyl sites for hydroxylation is 1. The molecule has 2 N–H and O–H groups in total. The first-order valence-corrected chi connectivity index (χ1v) is 8.25. The Labute approximate surface area is 123 Å². The molecule has 110 valence electrons. The highest BCUT2D eigenvalue weighted by atomic mass is 15.2. The predicted octanol–water partition coefficient (Wildman–Crippen LogP) is 3.16. The minimum atomic E-state index is 0.334. The van der Waals surface area contributed by atoms with E-state index in [1.54, 1.807) is 0 Å². The molecule has 2 heteroatoms. The van der Waals surface area contributed by atoms with Crippen LogP contribution in [0, 0.1) is 5.92 Å². The molecular weight excluding hydrogens is 244 g/mol. The summed E-state index contributed by atoms with van der Waals surface area (Å²) in [5.41, 5.74) is 9.23. The van der Waals surface area contributed by atoms with E-state index < -0.39 is 0 Å². The van der Waals surface area contributed by atoms with Crippen molar-refractivity contribution in [2.45, 2.75) is 57.5 Å². The molecule has 3 atom stereocenters. The summed E-state index contributed by atoms with van der Waals surface area (Å²) in [4.78, 5) is 2.64. The molecule has 0 aromatic heterocycles. The first-order valence-electron chi connectivity index (χ1n) is 8.25. The molecule has 1 aromatic carbocycles. The molecular formula is C18H28N2. The number of rotatable bonds is 4. The van der Waals surface area contributed by atoms with Gasteiger partial charge in [0.1, 0.15) is 0 Å². The maximum absolute atomic E-state index is 6.33. The SMILES string of the molecule is CCc1ccc(C2CC(N)CN(C(C)C3CC3)C2)cc1. The van der Waals surface area contributed by atoms with Crippen LogP contribution in [-0.2, 0) is 6.42 Å². The predicted molar refractivity (Wildman–Crippen MR) is 84.9 cm³/mol. The summed E-state index contributed by atoms with van der Waals surface area (Å²) < 4.78 is 0. The molecule has 1 aliphatic carbocycles. The zero-order valence-electron chi connectivity index (χ0n) is 12.9. The van der Waals surface area contributed by atoms with Gasteiger partial charge in [-0.15, -0.1) is 0 Å². The number of hydrogen-bond donors (Lipinski definition) is 1. The summed E-state index contributed by atoms with van der Waals surface area (Å²) >= 11 is 0. The van der Waals surface area contributed by atoms with Crippen LogP contribution in [0.4, 0.5) is 0 Å². The Morgan fingerprint density at radius 2 is 1.90 bits per heavy atom. The van der Waals surface area contributed by atoms with E-state index in [9.17, 15) is 0 Å². The Morgan fingerprint density at radius 3 is 2.50 bits per heavy atom. The summed E-state index contributed by atoms with van der Waals surface area (Å²) in [6, 6.07) is 10.3. The molecule has 0 bridgehead atoms. The second-order valence-corrected chi connectivity index (χ2v) is 6.82. The minimum Gasteiger partial charge on any atom is -0.327 e. The van der Waals surface area contributed by atoms with Gasteiger partial charge in [-0.2, -0.15) is 0 Å². The molecule has 1 aliphatic heterocycles. The van der Waals surface area contributed by atoms with E-state index >= 15 is 0 Å². The van der Waals surface area contributed by atoms with Gasteiger partial charge in [-0.1, -0.05) is 31.2 Å². The highest BCUT2D eigenvalue weighted by molar-refractivity contribution is 5.26. The summed E-state index contributed by atoms with van der Waals surface area (Å²) in [6.45, 7) is 6.88. The maximum Gasteiger partial charge on any atom is 0.0174 e. The highest BCUT2D eigenvalue weighted by Crippen LogP contribution is 2.37. The van der Waals surface area contributed by atoms with Crippen LogP contribution < -0.4 is 5.73 Å². The van der Waals surface area contributed by atoms with Crippen LogP contribution in [-0.4, -0.2) is 30.1 Å². The Bertz CT molecular complexity index is 435. The van der Waals surface area contributed by atoms with Crippen LogP contribution in [0.15, 0.2) is 24.3 Å². The molecule has 1 saturated carbocycles. The summed E-state index contributed by atoms with van der Waals surface area (Å²) in [7, 11) is 0. The van der Waals surface area contributed by atoms with Crippen molar-refractivity contribution in [3.63, 3.8) is 0 Å². The Hall–Kier alpha value is -0.860. The molecule has 0 amide bonds. The molecule has 20 heavy (non-hydrogen) atoms. The average Bonchev–Trinajstić information content (AvgIpc) is 3.30. The first-order chi connectivity index (χ1) is 9.67. The van der Waals surface area contributed by atoms with Gasteiger partial charge in [0, 0.05) is 25.2 Å². The number of piperidine rings is 1. The van der Waals surface area contributed by atoms with Gasteiger partial charge in [0.2, 0.25) is 0 Å². The number of hydrogen-bond acceptors (Lipinski definition) is 2. The monoisotopic (exact) mass is 272 g/mol. The zero-order chi connectivity index (χ0) is 14.1.